The van der Waals surface area contributed by atoms with Crippen LogP contribution in [0.25, 0.3) is 0 Å². The topological polar surface area (TPSA) is 69.6 Å². The monoisotopic (exact) mass is 290 g/mol. The maximum Gasteiger partial charge on any atom is 0.339 e. The molecule has 0 saturated carbocycles. The molecule has 0 aromatic carbocycles. The van der Waals surface area contributed by atoms with E-state index >= 15 is 0 Å². The third-order valence-electron chi connectivity index (χ3n) is 4.60. The zero-order valence-electron chi connectivity index (χ0n) is 12.2. The van der Waals surface area contributed by atoms with Gasteiger partial charge in [0.15, 0.2) is 5.82 Å². The molecule has 2 aliphatic rings. The lowest BCUT2D eigenvalue weighted by molar-refractivity contribution is 0.0696. The zero-order valence-corrected chi connectivity index (χ0v) is 12.2. The van der Waals surface area contributed by atoms with Crippen LogP contribution in [0.5, 0.6) is 0 Å². The average molecular weight is 290 g/mol. The molecule has 3 heterocycles. The van der Waals surface area contributed by atoms with Crippen molar-refractivity contribution in [3.8, 4) is 0 Å². The van der Waals surface area contributed by atoms with Gasteiger partial charge < -0.3 is 14.9 Å². The average Bonchev–Trinajstić information content (AvgIpc) is 2.56. The lowest BCUT2D eigenvalue weighted by Crippen LogP contribution is -2.47. The molecule has 0 unspecified atom stereocenters. The second kappa shape index (κ2) is 6.39. The number of carboxylic acids is 1. The first-order valence-corrected chi connectivity index (χ1v) is 7.79. The molecule has 6 heteroatoms. The van der Waals surface area contributed by atoms with Crippen LogP contribution in [0.1, 0.15) is 42.5 Å². The summed E-state index contributed by atoms with van der Waals surface area (Å²) in [5.74, 6) is -0.417. The molecule has 114 valence electrons. The molecule has 3 rings (SSSR count). The molecule has 0 amide bonds. The number of piperidine rings is 2. The first kappa shape index (κ1) is 14.3. The Kier molecular flexibility index (Phi) is 4.34. The normalized spacial score (nSPS) is 21.4. The summed E-state index contributed by atoms with van der Waals surface area (Å²) in [5, 5.41) is 17.1. The first-order valence-electron chi connectivity index (χ1n) is 7.79. The van der Waals surface area contributed by atoms with E-state index in [9.17, 15) is 9.90 Å². The van der Waals surface area contributed by atoms with E-state index in [1.807, 2.05) is 0 Å². The molecular formula is C15H22N4O2. The van der Waals surface area contributed by atoms with E-state index in [2.05, 4.69) is 20.0 Å². The van der Waals surface area contributed by atoms with Crippen LogP contribution in [0.3, 0.4) is 0 Å². The number of carboxylic acid groups (broad SMARTS) is 1. The second-order valence-electron chi connectivity index (χ2n) is 5.89. The van der Waals surface area contributed by atoms with E-state index in [0.29, 0.717) is 11.9 Å². The third-order valence-corrected chi connectivity index (χ3v) is 4.60. The molecule has 0 radical (unpaired) electrons. The molecule has 0 atom stereocenters. The Bertz CT molecular complexity index is 494. The van der Waals surface area contributed by atoms with Gasteiger partial charge in [-0.25, -0.2) is 4.79 Å². The molecule has 1 aromatic heterocycles. The highest BCUT2D eigenvalue weighted by atomic mass is 16.4. The van der Waals surface area contributed by atoms with Gasteiger partial charge in [-0.3, -0.25) is 0 Å². The number of hydrogen-bond donors (Lipinski definition) is 1. The van der Waals surface area contributed by atoms with Crippen LogP contribution in [-0.2, 0) is 0 Å². The van der Waals surface area contributed by atoms with Crippen LogP contribution in [0, 0.1) is 0 Å². The maximum absolute atomic E-state index is 11.3. The van der Waals surface area contributed by atoms with Crippen LogP contribution >= 0.6 is 0 Å². The largest absolute Gasteiger partial charge is 0.478 e. The molecule has 2 aliphatic heterocycles. The molecule has 0 bridgehead atoms. The highest BCUT2D eigenvalue weighted by Gasteiger charge is 2.28. The smallest absolute Gasteiger partial charge is 0.339 e. The van der Waals surface area contributed by atoms with Crippen LogP contribution in [0.4, 0.5) is 5.82 Å². The standard InChI is InChI=1S/C15H22N4O2/c20-15(21)13-4-7-16-17-14(13)19-10-5-12(6-11-19)18-8-2-1-3-9-18/h4,7,12H,1-3,5-6,8-11H2,(H,20,21). The predicted octanol–water partition coefficient (Wildman–Crippen LogP) is 1.63. The van der Waals surface area contributed by atoms with Gasteiger partial charge in [-0.05, 0) is 44.8 Å². The molecule has 6 nitrogen and oxygen atoms in total. The lowest BCUT2D eigenvalue weighted by atomic mass is 9.99. The highest BCUT2D eigenvalue weighted by Crippen LogP contribution is 2.25. The van der Waals surface area contributed by atoms with Gasteiger partial charge in [0.25, 0.3) is 0 Å². The highest BCUT2D eigenvalue weighted by molar-refractivity contribution is 5.93. The fraction of sp³-hybridized carbons (Fsp3) is 0.667. The summed E-state index contributed by atoms with van der Waals surface area (Å²) in [6.07, 6.45) is 7.58. The second-order valence-corrected chi connectivity index (χ2v) is 5.89. The van der Waals surface area contributed by atoms with Crippen LogP contribution < -0.4 is 4.90 Å². The fourth-order valence-electron chi connectivity index (χ4n) is 3.45. The van der Waals surface area contributed by atoms with E-state index in [-0.39, 0.29) is 5.56 Å². The van der Waals surface area contributed by atoms with Crippen molar-refractivity contribution >= 4 is 11.8 Å². The minimum atomic E-state index is -0.932. The summed E-state index contributed by atoms with van der Waals surface area (Å²) in [4.78, 5) is 15.9. The summed E-state index contributed by atoms with van der Waals surface area (Å²) in [6, 6.07) is 2.17. The molecule has 1 N–H and O–H groups in total. The molecule has 2 saturated heterocycles. The molecule has 1 aromatic rings. The number of likely N-dealkylation sites (tertiary alicyclic amines) is 1. The molecule has 0 spiro atoms. The van der Waals surface area contributed by atoms with Crippen molar-refractivity contribution in [3.05, 3.63) is 17.8 Å². The molecule has 0 aliphatic carbocycles. The minimum absolute atomic E-state index is 0.251. The van der Waals surface area contributed by atoms with Gasteiger partial charge in [0.2, 0.25) is 0 Å². The summed E-state index contributed by atoms with van der Waals surface area (Å²) in [7, 11) is 0. The third kappa shape index (κ3) is 3.15. The number of carbonyl (C=O) groups is 1. The predicted molar refractivity (Wildman–Crippen MR) is 79.7 cm³/mol. The summed E-state index contributed by atoms with van der Waals surface area (Å²) in [6.45, 7) is 4.16. The number of hydrogen-bond acceptors (Lipinski definition) is 5. The van der Waals surface area contributed by atoms with E-state index in [0.717, 1.165) is 25.9 Å². The van der Waals surface area contributed by atoms with Crippen molar-refractivity contribution in [2.75, 3.05) is 31.1 Å². The van der Waals surface area contributed by atoms with Crippen LogP contribution in [-0.4, -0.2) is 58.4 Å². The van der Waals surface area contributed by atoms with Gasteiger partial charge in [0.05, 0.1) is 6.20 Å². The Morgan fingerprint density at radius 2 is 1.86 bits per heavy atom. The summed E-state index contributed by atoms with van der Waals surface area (Å²) in [5.41, 5.74) is 0.251. The van der Waals surface area contributed by atoms with Gasteiger partial charge >= 0.3 is 5.97 Å². The molecular weight excluding hydrogens is 268 g/mol. The quantitative estimate of drug-likeness (QED) is 0.912. The number of aromatic nitrogens is 2. The Morgan fingerprint density at radius 3 is 2.52 bits per heavy atom. The number of anilines is 1. The molecule has 21 heavy (non-hydrogen) atoms. The van der Waals surface area contributed by atoms with Crippen molar-refractivity contribution in [2.45, 2.75) is 38.1 Å². The van der Waals surface area contributed by atoms with E-state index in [1.165, 1.54) is 44.6 Å². The van der Waals surface area contributed by atoms with Crippen LogP contribution in [0.15, 0.2) is 12.3 Å². The van der Waals surface area contributed by atoms with E-state index < -0.39 is 5.97 Å². The number of nitrogens with zero attached hydrogens (tertiary/aromatic N) is 4. The zero-order chi connectivity index (χ0) is 14.7. The minimum Gasteiger partial charge on any atom is -0.478 e. The number of rotatable bonds is 3. The fourth-order valence-corrected chi connectivity index (χ4v) is 3.45. The SMILES string of the molecule is O=C(O)c1ccnnc1N1CCC(N2CCCCC2)CC1. The Hall–Kier alpha value is -1.69. The molecule has 2 fully saturated rings. The maximum atomic E-state index is 11.3. The van der Waals surface area contributed by atoms with Crippen molar-refractivity contribution < 1.29 is 9.90 Å². The number of aromatic carboxylic acids is 1. The van der Waals surface area contributed by atoms with Crippen molar-refractivity contribution in [2.24, 2.45) is 0 Å². The van der Waals surface area contributed by atoms with Gasteiger partial charge in [-0.1, -0.05) is 6.42 Å². The Morgan fingerprint density at radius 1 is 1.14 bits per heavy atom. The van der Waals surface area contributed by atoms with E-state index in [1.54, 1.807) is 0 Å². The van der Waals surface area contributed by atoms with Gasteiger partial charge in [-0.15, -0.1) is 5.10 Å². The van der Waals surface area contributed by atoms with Gasteiger partial charge in [0.1, 0.15) is 5.56 Å². The van der Waals surface area contributed by atoms with E-state index in [4.69, 9.17) is 0 Å². The lowest BCUT2D eigenvalue weighted by Gasteiger charge is -2.40. The Balaban J connectivity index is 1.64. The van der Waals surface area contributed by atoms with Crippen LogP contribution in [0.2, 0.25) is 0 Å². The summed E-state index contributed by atoms with van der Waals surface area (Å²) < 4.78 is 0. The van der Waals surface area contributed by atoms with Gasteiger partial charge in [-0.2, -0.15) is 5.10 Å². The Labute approximate surface area is 124 Å². The van der Waals surface area contributed by atoms with Crippen molar-refractivity contribution in [3.63, 3.8) is 0 Å². The van der Waals surface area contributed by atoms with Crippen molar-refractivity contribution in [1.29, 1.82) is 0 Å². The van der Waals surface area contributed by atoms with Gasteiger partial charge in [0, 0.05) is 19.1 Å². The summed E-state index contributed by atoms with van der Waals surface area (Å²) >= 11 is 0. The first-order chi connectivity index (χ1) is 10.3. The van der Waals surface area contributed by atoms with Crippen molar-refractivity contribution in [1.82, 2.24) is 15.1 Å².